The lowest BCUT2D eigenvalue weighted by molar-refractivity contribution is 1.69. The summed E-state index contributed by atoms with van der Waals surface area (Å²) in [5.74, 6) is 0. The van der Waals surface area contributed by atoms with Crippen molar-refractivity contribution in [1.82, 2.24) is 0 Å². The fourth-order valence-electron chi connectivity index (χ4n) is 2.95. The summed E-state index contributed by atoms with van der Waals surface area (Å²) in [7, 11) is 0. The Kier molecular flexibility index (Phi) is 5.32. The van der Waals surface area contributed by atoms with Crippen molar-refractivity contribution in [3.63, 3.8) is 0 Å². The molecule has 126 valence electrons. The van der Waals surface area contributed by atoms with Crippen LogP contribution in [0.4, 0.5) is 0 Å². The smallest absolute Gasteiger partial charge is 0.0361 e. The molecule has 0 aliphatic heterocycles. The van der Waals surface area contributed by atoms with E-state index in [-0.39, 0.29) is 0 Å². The van der Waals surface area contributed by atoms with Gasteiger partial charge in [0, 0.05) is 23.8 Å². The van der Waals surface area contributed by atoms with Crippen LogP contribution in [0.2, 0.25) is 0 Å². The maximum absolute atomic E-state index is 2.34. The molecule has 0 saturated heterocycles. The lowest BCUT2D eigenvalue weighted by Crippen LogP contribution is -1.80. The van der Waals surface area contributed by atoms with Gasteiger partial charge in [-0.1, -0.05) is 78.9 Å². The van der Waals surface area contributed by atoms with Crippen LogP contribution in [0, 0.1) is 0 Å². The summed E-state index contributed by atoms with van der Waals surface area (Å²) in [5, 5.41) is 2.68. The highest BCUT2D eigenvalue weighted by molar-refractivity contribution is 14.1. The molecule has 1 aliphatic rings. The summed E-state index contributed by atoms with van der Waals surface area (Å²) < 4.78 is 3.88. The van der Waals surface area contributed by atoms with Crippen LogP contribution in [0.3, 0.4) is 0 Å². The lowest BCUT2D eigenvalue weighted by atomic mass is 10.0. The molecule has 1 heterocycles. The molecule has 0 bridgehead atoms. The van der Waals surface area contributed by atoms with Crippen LogP contribution < -0.4 is 0 Å². The van der Waals surface area contributed by atoms with Crippen LogP contribution in [0.25, 0.3) is 25.7 Å². The minimum absolute atomic E-state index is 1.20. The predicted molar refractivity (Wildman–Crippen MR) is 126 cm³/mol. The first-order valence-electron chi connectivity index (χ1n) is 8.48. The largest absolute Gasteiger partial charge is 0.135 e. The van der Waals surface area contributed by atoms with Gasteiger partial charge in [0.1, 0.15) is 0 Å². The highest BCUT2D eigenvalue weighted by atomic mass is 127. The molecule has 0 unspecified atom stereocenters. The molecular weight excluding hydrogens is 447 g/mol. The molecule has 2 heteroatoms. The number of hydrogen-bond donors (Lipinski definition) is 0. The van der Waals surface area contributed by atoms with Gasteiger partial charge in [0.25, 0.3) is 0 Å². The van der Waals surface area contributed by atoms with Crippen molar-refractivity contribution in [2.45, 2.75) is 0 Å². The minimum Gasteiger partial charge on any atom is -0.135 e. The molecule has 1 aromatic heterocycles. The van der Waals surface area contributed by atoms with Crippen LogP contribution in [0.5, 0.6) is 0 Å². The predicted octanol–water partition coefficient (Wildman–Crippen LogP) is 8.00. The number of allylic oxidation sites excluding steroid dienone is 12. The summed E-state index contributed by atoms with van der Waals surface area (Å²) in [6.07, 6.45) is 21.0. The zero-order valence-corrected chi connectivity index (χ0v) is 17.1. The molecule has 0 radical (unpaired) electrons. The third kappa shape index (κ3) is 3.81. The van der Waals surface area contributed by atoms with Crippen LogP contribution in [0.15, 0.2) is 107 Å². The zero-order chi connectivity index (χ0) is 17.8. The first kappa shape index (κ1) is 17.3. The molecule has 0 N–H and O–H groups in total. The van der Waals surface area contributed by atoms with E-state index < -0.39 is 0 Å². The Labute approximate surface area is 171 Å². The van der Waals surface area contributed by atoms with Crippen molar-refractivity contribution in [1.29, 1.82) is 0 Å². The third-order valence-electron chi connectivity index (χ3n) is 4.22. The summed E-state index contributed by atoms with van der Waals surface area (Å²) >= 11 is 4.20. The second-order valence-corrected chi connectivity index (χ2v) is 8.30. The van der Waals surface area contributed by atoms with Gasteiger partial charge in [0.2, 0.25) is 0 Å². The SMILES string of the molecule is IC1=C/C=C\C=C(c2ccc3c(c2)sc2ccccc23)/C=C\C=C/C=C1. The van der Waals surface area contributed by atoms with E-state index in [2.05, 4.69) is 126 Å². The molecule has 0 atom stereocenters. The van der Waals surface area contributed by atoms with Crippen LogP contribution in [-0.4, -0.2) is 0 Å². The fraction of sp³-hybridized carbons (Fsp3) is 0. The van der Waals surface area contributed by atoms with Crippen molar-refractivity contribution in [2.24, 2.45) is 0 Å². The molecular formula is C24H17IS. The Hall–Kier alpha value is -2.17. The van der Waals surface area contributed by atoms with Crippen molar-refractivity contribution in [3.8, 4) is 0 Å². The van der Waals surface area contributed by atoms with E-state index in [0.717, 1.165) is 0 Å². The average Bonchev–Trinajstić information content (AvgIpc) is 3.02. The van der Waals surface area contributed by atoms with Crippen molar-refractivity contribution >= 4 is 59.7 Å². The zero-order valence-electron chi connectivity index (χ0n) is 14.1. The summed E-state index contributed by atoms with van der Waals surface area (Å²) in [4.78, 5) is 0. The number of halogens is 1. The van der Waals surface area contributed by atoms with Crippen LogP contribution in [0.1, 0.15) is 5.56 Å². The second-order valence-electron chi connectivity index (χ2n) is 5.97. The first-order valence-corrected chi connectivity index (χ1v) is 10.4. The van der Waals surface area contributed by atoms with Gasteiger partial charge in [-0.2, -0.15) is 0 Å². The molecule has 1 aliphatic carbocycles. The van der Waals surface area contributed by atoms with Crippen LogP contribution in [-0.2, 0) is 0 Å². The maximum Gasteiger partial charge on any atom is 0.0361 e. The fourth-order valence-corrected chi connectivity index (χ4v) is 4.51. The van der Waals surface area contributed by atoms with E-state index in [1.54, 1.807) is 0 Å². The standard InChI is InChI=1S/C24H17IS/c25-20-11-4-2-1-3-9-18(10-5-6-12-20)19-15-16-22-21-13-7-8-14-23(21)26-24(22)17-19/h1-17H/b2-1-,3-1?,4-2?,6-5-,9-3-,10-5?,11-4?,12-6?,18-9?,18-10+,20-11?,20-12?. The maximum atomic E-state index is 2.34. The van der Waals surface area contributed by atoms with Gasteiger partial charge >= 0.3 is 0 Å². The number of benzene rings is 2. The van der Waals surface area contributed by atoms with E-state index in [1.165, 1.54) is 34.9 Å². The van der Waals surface area contributed by atoms with Crippen molar-refractivity contribution in [3.05, 3.63) is 112 Å². The van der Waals surface area contributed by atoms with Gasteiger partial charge in [-0.3, -0.25) is 0 Å². The molecule has 0 saturated carbocycles. The molecule has 2 aromatic carbocycles. The van der Waals surface area contributed by atoms with Gasteiger partial charge in [-0.05, 0) is 58.0 Å². The Morgan fingerprint density at radius 3 is 2.35 bits per heavy atom. The molecule has 0 fully saturated rings. The molecule has 0 spiro atoms. The minimum atomic E-state index is 1.20. The van der Waals surface area contributed by atoms with Gasteiger partial charge < -0.3 is 0 Å². The van der Waals surface area contributed by atoms with E-state index in [0.29, 0.717) is 0 Å². The van der Waals surface area contributed by atoms with Gasteiger partial charge in [-0.15, -0.1) is 11.3 Å². The monoisotopic (exact) mass is 464 g/mol. The normalized spacial score (nSPS) is 20.7. The lowest BCUT2D eigenvalue weighted by Gasteiger charge is -2.03. The molecule has 0 nitrogen and oxygen atoms in total. The molecule has 0 amide bonds. The number of rotatable bonds is 1. The quantitative estimate of drug-likeness (QED) is 0.320. The number of fused-ring (bicyclic) bond motifs is 3. The Bertz CT molecular complexity index is 1130. The van der Waals surface area contributed by atoms with Gasteiger partial charge in [-0.25, -0.2) is 0 Å². The topological polar surface area (TPSA) is 0 Å². The Balaban J connectivity index is 1.78. The van der Waals surface area contributed by atoms with E-state index in [1.807, 2.05) is 11.3 Å². The van der Waals surface area contributed by atoms with Crippen molar-refractivity contribution < 1.29 is 0 Å². The molecule has 4 rings (SSSR count). The van der Waals surface area contributed by atoms with Gasteiger partial charge in [0.05, 0.1) is 0 Å². The number of hydrogen-bond acceptors (Lipinski definition) is 1. The van der Waals surface area contributed by atoms with E-state index in [9.17, 15) is 0 Å². The summed E-state index contributed by atoms with van der Waals surface area (Å²) in [5.41, 5.74) is 2.45. The van der Waals surface area contributed by atoms with E-state index in [4.69, 9.17) is 0 Å². The highest BCUT2D eigenvalue weighted by Gasteiger charge is 2.06. The average molecular weight is 464 g/mol. The third-order valence-corrected chi connectivity index (χ3v) is 6.07. The van der Waals surface area contributed by atoms with Crippen LogP contribution >= 0.6 is 33.9 Å². The van der Waals surface area contributed by atoms with Crippen molar-refractivity contribution in [2.75, 3.05) is 0 Å². The number of thiophene rings is 1. The van der Waals surface area contributed by atoms with E-state index >= 15 is 0 Å². The molecule has 3 aromatic rings. The first-order chi connectivity index (χ1) is 12.8. The Morgan fingerprint density at radius 1 is 0.654 bits per heavy atom. The summed E-state index contributed by atoms with van der Waals surface area (Å²) in [6.45, 7) is 0. The highest BCUT2D eigenvalue weighted by Crippen LogP contribution is 2.35. The summed E-state index contributed by atoms with van der Waals surface area (Å²) in [6, 6.07) is 15.4. The Morgan fingerprint density at radius 2 is 1.42 bits per heavy atom. The van der Waals surface area contributed by atoms with Gasteiger partial charge in [0.15, 0.2) is 0 Å². The second kappa shape index (κ2) is 8.02. The molecule has 26 heavy (non-hydrogen) atoms.